The van der Waals surface area contributed by atoms with Crippen molar-refractivity contribution in [2.75, 3.05) is 31.6 Å². The summed E-state index contributed by atoms with van der Waals surface area (Å²) in [5, 5.41) is 2.82. The highest BCUT2D eigenvalue weighted by Gasteiger charge is 2.41. The van der Waals surface area contributed by atoms with E-state index in [0.29, 0.717) is 26.1 Å². The van der Waals surface area contributed by atoms with Gasteiger partial charge in [-0.25, -0.2) is 8.42 Å². The van der Waals surface area contributed by atoms with E-state index in [2.05, 4.69) is 5.32 Å². The molecule has 2 aliphatic heterocycles. The largest absolute Gasteiger partial charge is 0.356 e. The van der Waals surface area contributed by atoms with Gasteiger partial charge < -0.3 is 10.2 Å². The molecule has 7 heteroatoms. The predicted octanol–water partition coefficient (Wildman–Crippen LogP) is -0.840. The van der Waals surface area contributed by atoms with Gasteiger partial charge in [0, 0.05) is 32.3 Å². The standard InChI is InChI=1S/C11H18N2O4S/c1-18(16,17)7-10(15)13-4-2-11(3-5-13)6-9(14)12-8-11/h2-8H2,1H3,(H,12,14). The lowest BCUT2D eigenvalue weighted by Crippen LogP contribution is -2.45. The fourth-order valence-electron chi connectivity index (χ4n) is 2.65. The maximum absolute atomic E-state index is 11.7. The molecule has 2 aliphatic rings. The Bertz CT molecular complexity index is 463. The molecule has 0 bridgehead atoms. The number of nitrogens with zero attached hydrogens (tertiary/aromatic N) is 1. The Morgan fingerprint density at radius 2 is 2.00 bits per heavy atom. The van der Waals surface area contributed by atoms with Crippen LogP contribution in [-0.2, 0) is 19.4 Å². The number of carbonyl (C=O) groups excluding carboxylic acids is 2. The Hall–Kier alpha value is -1.11. The molecular weight excluding hydrogens is 256 g/mol. The van der Waals surface area contributed by atoms with E-state index < -0.39 is 15.6 Å². The van der Waals surface area contributed by atoms with Gasteiger partial charge in [-0.05, 0) is 18.3 Å². The van der Waals surface area contributed by atoms with Crippen LogP contribution in [0.1, 0.15) is 19.3 Å². The third-order valence-electron chi connectivity index (χ3n) is 3.76. The Kier molecular flexibility index (Phi) is 3.35. The van der Waals surface area contributed by atoms with E-state index in [4.69, 9.17) is 0 Å². The molecule has 18 heavy (non-hydrogen) atoms. The van der Waals surface area contributed by atoms with Crippen molar-refractivity contribution in [2.45, 2.75) is 19.3 Å². The third-order valence-corrected chi connectivity index (χ3v) is 4.53. The summed E-state index contributed by atoms with van der Waals surface area (Å²) in [7, 11) is -3.27. The van der Waals surface area contributed by atoms with Gasteiger partial charge in [-0.2, -0.15) is 0 Å². The monoisotopic (exact) mass is 274 g/mol. The molecule has 102 valence electrons. The molecule has 0 aromatic rings. The maximum Gasteiger partial charge on any atom is 0.237 e. The molecule has 2 fully saturated rings. The van der Waals surface area contributed by atoms with Crippen LogP contribution in [0.2, 0.25) is 0 Å². The van der Waals surface area contributed by atoms with E-state index in [0.717, 1.165) is 19.1 Å². The molecule has 0 atom stereocenters. The summed E-state index contributed by atoms with van der Waals surface area (Å²) >= 11 is 0. The number of sulfone groups is 1. The van der Waals surface area contributed by atoms with Gasteiger partial charge in [-0.3, -0.25) is 9.59 Å². The van der Waals surface area contributed by atoms with Crippen LogP contribution in [0.15, 0.2) is 0 Å². The summed E-state index contributed by atoms with van der Waals surface area (Å²) < 4.78 is 22.1. The third kappa shape index (κ3) is 3.01. The van der Waals surface area contributed by atoms with Crippen molar-refractivity contribution >= 4 is 21.7 Å². The second-order valence-electron chi connectivity index (χ2n) is 5.40. The molecule has 1 spiro atoms. The second kappa shape index (κ2) is 4.53. The van der Waals surface area contributed by atoms with Gasteiger partial charge in [0.05, 0.1) is 0 Å². The van der Waals surface area contributed by atoms with Crippen LogP contribution in [0.25, 0.3) is 0 Å². The normalized spacial score (nSPS) is 23.2. The highest BCUT2D eigenvalue weighted by Crippen LogP contribution is 2.37. The van der Waals surface area contributed by atoms with Crippen molar-refractivity contribution in [2.24, 2.45) is 5.41 Å². The molecule has 0 saturated carbocycles. The molecular formula is C11H18N2O4S. The summed E-state index contributed by atoms with van der Waals surface area (Å²) in [6.45, 7) is 1.77. The number of nitrogens with one attached hydrogen (secondary N) is 1. The predicted molar refractivity (Wildman–Crippen MR) is 65.6 cm³/mol. The fraction of sp³-hybridized carbons (Fsp3) is 0.818. The number of carbonyl (C=O) groups is 2. The van der Waals surface area contributed by atoms with Crippen LogP contribution in [0.4, 0.5) is 0 Å². The molecule has 2 amide bonds. The lowest BCUT2D eigenvalue weighted by Gasteiger charge is -2.38. The first-order valence-corrected chi connectivity index (χ1v) is 8.08. The number of hydrogen-bond acceptors (Lipinski definition) is 4. The molecule has 2 rings (SSSR count). The van der Waals surface area contributed by atoms with Gasteiger partial charge in [0.1, 0.15) is 5.75 Å². The zero-order valence-electron chi connectivity index (χ0n) is 10.4. The molecule has 2 heterocycles. The van der Waals surface area contributed by atoms with Crippen LogP contribution in [0.5, 0.6) is 0 Å². The summed E-state index contributed by atoms with van der Waals surface area (Å²) in [5.74, 6) is -0.674. The van der Waals surface area contributed by atoms with E-state index >= 15 is 0 Å². The first-order valence-electron chi connectivity index (χ1n) is 6.02. The Labute approximate surface area is 107 Å². The lowest BCUT2D eigenvalue weighted by atomic mass is 9.78. The summed E-state index contributed by atoms with van der Waals surface area (Å²) in [4.78, 5) is 24.6. The quantitative estimate of drug-likeness (QED) is 0.711. The van der Waals surface area contributed by atoms with Gasteiger partial charge in [-0.1, -0.05) is 0 Å². The topological polar surface area (TPSA) is 83.6 Å². The first-order chi connectivity index (χ1) is 8.30. The summed E-state index contributed by atoms with van der Waals surface area (Å²) in [5.41, 5.74) is -0.0149. The average Bonchev–Trinajstić information content (AvgIpc) is 2.58. The number of likely N-dealkylation sites (tertiary alicyclic amines) is 1. The van der Waals surface area contributed by atoms with E-state index in [-0.39, 0.29) is 17.2 Å². The van der Waals surface area contributed by atoms with Crippen LogP contribution < -0.4 is 5.32 Å². The summed E-state index contributed by atoms with van der Waals surface area (Å²) in [6.07, 6.45) is 3.12. The molecule has 6 nitrogen and oxygen atoms in total. The van der Waals surface area contributed by atoms with Crippen molar-refractivity contribution in [1.29, 1.82) is 0 Å². The van der Waals surface area contributed by atoms with Crippen molar-refractivity contribution in [3.63, 3.8) is 0 Å². The minimum absolute atomic E-state index is 0.0149. The van der Waals surface area contributed by atoms with Crippen molar-refractivity contribution in [1.82, 2.24) is 10.2 Å². The highest BCUT2D eigenvalue weighted by atomic mass is 32.2. The van der Waals surface area contributed by atoms with Gasteiger partial charge in [-0.15, -0.1) is 0 Å². The number of amides is 2. The molecule has 0 radical (unpaired) electrons. The van der Waals surface area contributed by atoms with Crippen LogP contribution in [0.3, 0.4) is 0 Å². The van der Waals surface area contributed by atoms with E-state index in [9.17, 15) is 18.0 Å². The maximum atomic E-state index is 11.7. The van der Waals surface area contributed by atoms with Crippen molar-refractivity contribution in [3.8, 4) is 0 Å². The van der Waals surface area contributed by atoms with Crippen molar-refractivity contribution in [3.05, 3.63) is 0 Å². The SMILES string of the molecule is CS(=O)(=O)CC(=O)N1CCC2(CC1)CNC(=O)C2. The molecule has 0 aromatic carbocycles. The molecule has 0 unspecified atom stereocenters. The zero-order valence-corrected chi connectivity index (χ0v) is 11.3. The summed E-state index contributed by atoms with van der Waals surface area (Å²) in [6, 6.07) is 0. The molecule has 0 aromatic heterocycles. The Balaban J connectivity index is 1.91. The Morgan fingerprint density at radius 1 is 1.39 bits per heavy atom. The Morgan fingerprint density at radius 3 is 2.44 bits per heavy atom. The van der Waals surface area contributed by atoms with Gasteiger partial charge in [0.15, 0.2) is 9.84 Å². The number of piperidine rings is 1. The average molecular weight is 274 g/mol. The number of hydrogen-bond donors (Lipinski definition) is 1. The van der Waals surface area contributed by atoms with E-state index in [1.165, 1.54) is 0 Å². The van der Waals surface area contributed by atoms with Gasteiger partial charge in [0.25, 0.3) is 0 Å². The lowest BCUT2D eigenvalue weighted by molar-refractivity contribution is -0.130. The fourth-order valence-corrected chi connectivity index (χ4v) is 3.28. The van der Waals surface area contributed by atoms with Crippen LogP contribution >= 0.6 is 0 Å². The van der Waals surface area contributed by atoms with E-state index in [1.54, 1.807) is 4.90 Å². The molecule has 1 N–H and O–H groups in total. The van der Waals surface area contributed by atoms with E-state index in [1.807, 2.05) is 0 Å². The second-order valence-corrected chi connectivity index (χ2v) is 7.54. The van der Waals surface area contributed by atoms with Gasteiger partial charge >= 0.3 is 0 Å². The first kappa shape index (κ1) is 13.3. The van der Waals surface area contributed by atoms with Crippen molar-refractivity contribution < 1.29 is 18.0 Å². The minimum atomic E-state index is -3.27. The minimum Gasteiger partial charge on any atom is -0.356 e. The highest BCUT2D eigenvalue weighted by molar-refractivity contribution is 7.91. The van der Waals surface area contributed by atoms with Gasteiger partial charge in [0.2, 0.25) is 11.8 Å². The van der Waals surface area contributed by atoms with Crippen LogP contribution in [-0.4, -0.2) is 56.8 Å². The smallest absolute Gasteiger partial charge is 0.237 e. The molecule has 2 saturated heterocycles. The van der Waals surface area contributed by atoms with Crippen LogP contribution in [0, 0.1) is 5.41 Å². The zero-order chi connectivity index (χ0) is 13.4. The molecule has 0 aliphatic carbocycles. The number of rotatable bonds is 2.